The Bertz CT molecular complexity index is 828. The number of carbonyl (C=O) groups is 3. The minimum absolute atomic E-state index is 0.0615. The van der Waals surface area contributed by atoms with Gasteiger partial charge in [0.25, 0.3) is 0 Å². The molecular formula is C21H31N5O4. The number of primary amides is 1. The van der Waals surface area contributed by atoms with Gasteiger partial charge >= 0.3 is 6.09 Å². The Hall–Kier alpha value is -2.65. The number of anilines is 2. The molecule has 0 aromatic heterocycles. The van der Waals surface area contributed by atoms with Gasteiger partial charge in [-0.3, -0.25) is 19.9 Å². The molecule has 0 spiro atoms. The fourth-order valence-corrected chi connectivity index (χ4v) is 4.09. The molecular weight excluding hydrogens is 386 g/mol. The topological polar surface area (TPSA) is 108 Å². The highest BCUT2D eigenvalue weighted by Gasteiger charge is 2.35. The Kier molecular flexibility index (Phi) is 6.62. The van der Waals surface area contributed by atoms with Gasteiger partial charge in [-0.1, -0.05) is 6.07 Å². The van der Waals surface area contributed by atoms with Crippen molar-refractivity contribution in [2.75, 3.05) is 36.0 Å². The Balaban J connectivity index is 1.88. The van der Waals surface area contributed by atoms with Gasteiger partial charge in [0.2, 0.25) is 11.8 Å². The highest BCUT2D eigenvalue weighted by atomic mass is 16.6. The lowest BCUT2D eigenvalue weighted by Gasteiger charge is -2.40. The Morgan fingerprint density at radius 3 is 2.60 bits per heavy atom. The predicted octanol–water partition coefficient (Wildman–Crippen LogP) is 1.57. The maximum absolute atomic E-state index is 12.8. The van der Waals surface area contributed by atoms with Crippen LogP contribution in [0.4, 0.5) is 16.2 Å². The Labute approximate surface area is 177 Å². The van der Waals surface area contributed by atoms with Crippen LogP contribution in [0.3, 0.4) is 0 Å². The third-order valence-electron chi connectivity index (χ3n) is 5.44. The molecule has 3 rings (SSSR count). The number of amides is 3. The van der Waals surface area contributed by atoms with Crippen molar-refractivity contribution < 1.29 is 19.1 Å². The molecule has 1 unspecified atom stereocenters. The molecule has 0 aliphatic carbocycles. The fourth-order valence-electron chi connectivity index (χ4n) is 4.09. The Morgan fingerprint density at radius 2 is 1.97 bits per heavy atom. The number of ether oxygens (including phenoxy) is 1. The van der Waals surface area contributed by atoms with Crippen molar-refractivity contribution >= 4 is 29.3 Å². The van der Waals surface area contributed by atoms with Crippen molar-refractivity contribution in [3.8, 4) is 0 Å². The summed E-state index contributed by atoms with van der Waals surface area (Å²) in [6.07, 6.45) is -0.348. The molecule has 9 nitrogen and oxygen atoms in total. The lowest BCUT2D eigenvalue weighted by atomic mass is 9.97. The van der Waals surface area contributed by atoms with Crippen LogP contribution in [0.25, 0.3) is 0 Å². The van der Waals surface area contributed by atoms with Crippen molar-refractivity contribution in [2.45, 2.75) is 52.2 Å². The standard InChI is InChI=1S/C21H31N5O4/c1-13(2)30-21(29)25-11-14(3)26(15(4)27)18-6-5-16(9-19(18)25)17-10-23-24(12-17)8-7-20(22)28/h5-6,9,13-14,17,23H,7-8,10-12H2,1-4H3,(H2,22,28)/t14-,17?/m0/s1. The van der Waals surface area contributed by atoms with Gasteiger partial charge in [0.1, 0.15) is 0 Å². The lowest BCUT2D eigenvalue weighted by molar-refractivity contribution is -0.118. The van der Waals surface area contributed by atoms with E-state index >= 15 is 0 Å². The van der Waals surface area contributed by atoms with Crippen LogP contribution < -0.4 is 21.0 Å². The van der Waals surface area contributed by atoms with E-state index in [1.807, 2.05) is 44.0 Å². The van der Waals surface area contributed by atoms with Crippen LogP contribution in [0.2, 0.25) is 0 Å². The first-order valence-electron chi connectivity index (χ1n) is 10.4. The zero-order valence-electron chi connectivity index (χ0n) is 18.1. The maximum Gasteiger partial charge on any atom is 0.414 e. The minimum Gasteiger partial charge on any atom is -0.446 e. The van der Waals surface area contributed by atoms with Crippen LogP contribution in [-0.4, -0.2) is 61.2 Å². The van der Waals surface area contributed by atoms with E-state index in [0.717, 1.165) is 18.7 Å². The quantitative estimate of drug-likeness (QED) is 0.753. The number of nitrogens with two attached hydrogens (primary N) is 1. The van der Waals surface area contributed by atoms with Gasteiger partial charge in [-0.05, 0) is 38.5 Å². The summed E-state index contributed by atoms with van der Waals surface area (Å²) in [4.78, 5) is 39.4. The molecule has 0 radical (unpaired) electrons. The number of hydrogen-bond donors (Lipinski definition) is 2. The summed E-state index contributed by atoms with van der Waals surface area (Å²) in [7, 11) is 0. The molecule has 3 amide bonds. The third-order valence-corrected chi connectivity index (χ3v) is 5.44. The molecule has 1 fully saturated rings. The molecule has 1 aromatic rings. The van der Waals surface area contributed by atoms with E-state index in [1.54, 1.807) is 9.80 Å². The van der Waals surface area contributed by atoms with Crippen LogP contribution in [0.5, 0.6) is 0 Å². The number of carbonyl (C=O) groups excluding carboxylic acids is 3. The maximum atomic E-state index is 12.8. The minimum atomic E-state index is -0.411. The van der Waals surface area contributed by atoms with E-state index in [-0.39, 0.29) is 29.9 Å². The summed E-state index contributed by atoms with van der Waals surface area (Å²) in [5, 5.41) is 1.99. The number of fused-ring (bicyclic) bond motifs is 1. The van der Waals surface area contributed by atoms with E-state index in [2.05, 4.69) is 5.43 Å². The smallest absolute Gasteiger partial charge is 0.414 e. The van der Waals surface area contributed by atoms with Crippen LogP contribution >= 0.6 is 0 Å². The molecule has 2 aliphatic heterocycles. The van der Waals surface area contributed by atoms with Gasteiger partial charge in [0.15, 0.2) is 0 Å². The summed E-state index contributed by atoms with van der Waals surface area (Å²) in [5.74, 6) is -0.198. The number of nitrogens with zero attached hydrogens (tertiary/aromatic N) is 3. The molecule has 0 saturated carbocycles. The molecule has 9 heteroatoms. The molecule has 164 valence electrons. The van der Waals surface area contributed by atoms with Crippen molar-refractivity contribution in [3.05, 3.63) is 23.8 Å². The molecule has 0 bridgehead atoms. The summed E-state index contributed by atoms with van der Waals surface area (Å²) >= 11 is 0. The van der Waals surface area contributed by atoms with Crippen molar-refractivity contribution in [2.24, 2.45) is 5.73 Å². The van der Waals surface area contributed by atoms with E-state index in [9.17, 15) is 14.4 Å². The first-order chi connectivity index (χ1) is 14.2. The molecule has 2 atom stereocenters. The molecule has 3 N–H and O–H groups in total. The van der Waals surface area contributed by atoms with E-state index < -0.39 is 6.09 Å². The van der Waals surface area contributed by atoms with E-state index in [0.29, 0.717) is 30.9 Å². The SMILES string of the molecule is CC(=O)N1c2ccc(C3CNN(CCC(N)=O)C3)cc2N(C(=O)OC(C)C)C[C@@H]1C. The zero-order chi connectivity index (χ0) is 22.0. The second-order valence-corrected chi connectivity index (χ2v) is 8.25. The van der Waals surface area contributed by atoms with Gasteiger partial charge in [0.05, 0.1) is 23.5 Å². The fraction of sp³-hybridized carbons (Fsp3) is 0.571. The van der Waals surface area contributed by atoms with E-state index in [1.165, 1.54) is 6.92 Å². The second-order valence-electron chi connectivity index (χ2n) is 8.25. The van der Waals surface area contributed by atoms with Crippen molar-refractivity contribution in [1.29, 1.82) is 0 Å². The summed E-state index contributed by atoms with van der Waals surface area (Å²) in [5.41, 5.74) is 11.0. The highest BCUT2D eigenvalue weighted by Crippen LogP contribution is 2.38. The number of hydrazine groups is 1. The monoisotopic (exact) mass is 417 g/mol. The zero-order valence-corrected chi connectivity index (χ0v) is 18.1. The van der Waals surface area contributed by atoms with Crippen LogP contribution in [-0.2, 0) is 14.3 Å². The van der Waals surface area contributed by atoms with Gasteiger partial charge in [-0.2, -0.15) is 0 Å². The number of hydrogen-bond acceptors (Lipinski definition) is 6. The van der Waals surface area contributed by atoms with Gasteiger partial charge < -0.3 is 15.4 Å². The molecule has 30 heavy (non-hydrogen) atoms. The van der Waals surface area contributed by atoms with Crippen LogP contribution in [0.15, 0.2) is 18.2 Å². The number of nitrogens with one attached hydrogen (secondary N) is 1. The first kappa shape index (κ1) is 22.0. The molecule has 1 saturated heterocycles. The van der Waals surface area contributed by atoms with Crippen molar-refractivity contribution in [1.82, 2.24) is 10.4 Å². The second kappa shape index (κ2) is 9.01. The van der Waals surface area contributed by atoms with Gasteiger partial charge in [-0.15, -0.1) is 0 Å². The first-order valence-corrected chi connectivity index (χ1v) is 10.4. The van der Waals surface area contributed by atoms with Gasteiger partial charge in [0, 0.05) is 45.4 Å². The largest absolute Gasteiger partial charge is 0.446 e. The van der Waals surface area contributed by atoms with Crippen molar-refractivity contribution in [3.63, 3.8) is 0 Å². The molecule has 2 aliphatic rings. The lowest BCUT2D eigenvalue weighted by Crippen LogP contribution is -2.51. The van der Waals surface area contributed by atoms with Crippen LogP contribution in [0.1, 0.15) is 45.6 Å². The van der Waals surface area contributed by atoms with E-state index in [4.69, 9.17) is 10.5 Å². The average molecular weight is 418 g/mol. The van der Waals surface area contributed by atoms with Crippen LogP contribution in [0, 0.1) is 0 Å². The third kappa shape index (κ3) is 4.73. The average Bonchev–Trinajstić information content (AvgIpc) is 3.13. The Morgan fingerprint density at radius 1 is 1.23 bits per heavy atom. The summed E-state index contributed by atoms with van der Waals surface area (Å²) in [6.45, 7) is 9.47. The number of benzene rings is 1. The number of rotatable bonds is 5. The highest BCUT2D eigenvalue weighted by molar-refractivity contribution is 6.02. The van der Waals surface area contributed by atoms with Gasteiger partial charge in [-0.25, -0.2) is 9.80 Å². The normalized spacial score (nSPS) is 21.6. The predicted molar refractivity (Wildman–Crippen MR) is 114 cm³/mol. The molecule has 1 aromatic carbocycles. The summed E-state index contributed by atoms with van der Waals surface area (Å²) in [6, 6.07) is 5.73. The summed E-state index contributed by atoms with van der Waals surface area (Å²) < 4.78 is 5.45. The molecule has 2 heterocycles.